The number of amides is 1. The number of ether oxygens (including phenoxy) is 1. The minimum absolute atomic E-state index is 0. The van der Waals surface area contributed by atoms with Gasteiger partial charge in [0.25, 0.3) is 10.0 Å². The zero-order chi connectivity index (χ0) is 24.7. The van der Waals surface area contributed by atoms with E-state index in [0.29, 0.717) is 16.4 Å². The Morgan fingerprint density at radius 1 is 1.11 bits per heavy atom. The second-order valence-corrected chi connectivity index (χ2v) is 10.4. The Balaban J connectivity index is 0.00000140. The maximum Gasteiger partial charge on any atom is 0.265 e. The number of nitrogens with one attached hydrogen (secondary N) is 2. The van der Waals surface area contributed by atoms with Crippen molar-refractivity contribution in [1.82, 2.24) is 4.98 Å². The molecule has 0 atom stereocenters. The molecule has 1 saturated carbocycles. The number of sulfonamides is 1. The standard InChI is InChI=1S/C23H25N3O4S2.CH4O.CH4/c1-15-21(31-23(24-15)25-22(27)16-8-6-7-9-16)17-12-13-19(30-2)20(14-17)32(28,29)26-18-10-4-3-5-11-18;1-2;/h3-5,10-14,16,26H,6-9H2,1-2H3,(H,24,25,27);2H,1H3;1H4. The van der Waals surface area contributed by atoms with Gasteiger partial charge < -0.3 is 15.2 Å². The van der Waals surface area contributed by atoms with Crippen LogP contribution in [0, 0.1) is 12.8 Å². The molecule has 1 amide bonds. The Bertz CT molecular complexity index is 1220. The minimum atomic E-state index is -3.88. The number of para-hydroxylation sites is 1. The fourth-order valence-electron chi connectivity index (χ4n) is 3.86. The van der Waals surface area contributed by atoms with Gasteiger partial charge in [-0.05, 0) is 55.7 Å². The van der Waals surface area contributed by atoms with Gasteiger partial charge in [-0.1, -0.05) is 49.8 Å². The van der Waals surface area contributed by atoms with Crippen molar-refractivity contribution in [3.8, 4) is 16.2 Å². The molecule has 1 aliphatic rings. The fourth-order valence-corrected chi connectivity index (χ4v) is 6.08. The fraction of sp³-hybridized carbons (Fsp3) is 0.360. The van der Waals surface area contributed by atoms with E-state index in [2.05, 4.69) is 15.0 Å². The first kappa shape index (κ1) is 28.3. The predicted octanol–water partition coefficient (Wildman–Crippen LogP) is 5.30. The van der Waals surface area contributed by atoms with Crippen LogP contribution in [0.25, 0.3) is 10.4 Å². The van der Waals surface area contributed by atoms with E-state index < -0.39 is 10.0 Å². The van der Waals surface area contributed by atoms with E-state index in [1.54, 1.807) is 42.5 Å². The van der Waals surface area contributed by atoms with Gasteiger partial charge in [0, 0.05) is 18.7 Å². The highest BCUT2D eigenvalue weighted by atomic mass is 32.2. The molecule has 190 valence electrons. The molecule has 0 unspecified atom stereocenters. The lowest BCUT2D eigenvalue weighted by Crippen LogP contribution is -2.20. The molecule has 0 saturated heterocycles. The maximum atomic E-state index is 13.1. The first-order chi connectivity index (χ1) is 16.4. The van der Waals surface area contributed by atoms with Crippen LogP contribution in [-0.4, -0.2) is 38.6 Å². The SMILES string of the molecule is C.CO.COc1ccc(-c2sc(NC(=O)C3CCCC3)nc2C)cc1S(=O)(=O)Nc1ccccc1. The number of thiazole rings is 1. The van der Waals surface area contributed by atoms with E-state index in [1.807, 2.05) is 13.0 Å². The van der Waals surface area contributed by atoms with Crippen LogP contribution in [0.1, 0.15) is 38.8 Å². The summed E-state index contributed by atoms with van der Waals surface area (Å²) in [5.74, 6) is 0.298. The monoisotopic (exact) mass is 519 g/mol. The molecule has 0 radical (unpaired) electrons. The third-order valence-corrected chi connectivity index (χ3v) is 8.02. The molecule has 3 N–H and O–H groups in total. The first-order valence-electron chi connectivity index (χ1n) is 10.9. The van der Waals surface area contributed by atoms with Crippen LogP contribution < -0.4 is 14.8 Å². The summed E-state index contributed by atoms with van der Waals surface area (Å²) < 4.78 is 34.1. The molecule has 0 bridgehead atoms. The summed E-state index contributed by atoms with van der Waals surface area (Å²) in [5, 5.41) is 10.5. The summed E-state index contributed by atoms with van der Waals surface area (Å²) in [4.78, 5) is 17.8. The van der Waals surface area contributed by atoms with E-state index in [1.165, 1.54) is 18.4 Å². The molecule has 0 aliphatic heterocycles. The number of carbonyl (C=O) groups excluding carboxylic acids is 1. The third kappa shape index (κ3) is 6.81. The first-order valence-corrected chi connectivity index (χ1v) is 13.2. The van der Waals surface area contributed by atoms with Gasteiger partial charge in [-0.3, -0.25) is 9.52 Å². The van der Waals surface area contributed by atoms with E-state index in [0.717, 1.165) is 43.4 Å². The number of aliphatic hydroxyl groups is 1. The van der Waals surface area contributed by atoms with Crippen molar-refractivity contribution in [3.05, 3.63) is 54.2 Å². The number of carbonyl (C=O) groups is 1. The number of hydrogen-bond acceptors (Lipinski definition) is 7. The van der Waals surface area contributed by atoms with E-state index in [4.69, 9.17) is 9.84 Å². The molecule has 3 aromatic rings. The highest BCUT2D eigenvalue weighted by molar-refractivity contribution is 7.92. The second kappa shape index (κ2) is 12.7. The van der Waals surface area contributed by atoms with Crippen molar-refractivity contribution in [2.24, 2.45) is 5.92 Å². The van der Waals surface area contributed by atoms with Crippen molar-refractivity contribution in [2.75, 3.05) is 24.3 Å². The molecule has 35 heavy (non-hydrogen) atoms. The minimum Gasteiger partial charge on any atom is -0.495 e. The third-order valence-electron chi connectivity index (χ3n) is 5.49. The van der Waals surface area contributed by atoms with E-state index in [9.17, 15) is 13.2 Å². The highest BCUT2D eigenvalue weighted by Crippen LogP contribution is 2.37. The van der Waals surface area contributed by atoms with Crippen molar-refractivity contribution < 1.29 is 23.1 Å². The number of anilines is 2. The smallest absolute Gasteiger partial charge is 0.265 e. The Morgan fingerprint density at radius 2 is 1.77 bits per heavy atom. The predicted molar refractivity (Wildman–Crippen MR) is 142 cm³/mol. The molecule has 10 heteroatoms. The molecule has 2 aromatic carbocycles. The molecule has 4 rings (SSSR count). The average Bonchev–Trinajstić information content (AvgIpc) is 3.50. The molecule has 1 aliphatic carbocycles. The summed E-state index contributed by atoms with van der Waals surface area (Å²) >= 11 is 1.34. The largest absolute Gasteiger partial charge is 0.495 e. The van der Waals surface area contributed by atoms with Crippen molar-refractivity contribution in [1.29, 1.82) is 0 Å². The van der Waals surface area contributed by atoms with Gasteiger partial charge in [0.05, 0.1) is 17.7 Å². The molecule has 1 heterocycles. The number of aliphatic hydroxyl groups excluding tert-OH is 1. The van der Waals surface area contributed by atoms with Gasteiger partial charge in [-0.15, -0.1) is 0 Å². The molecule has 1 fully saturated rings. The van der Waals surface area contributed by atoms with E-state index >= 15 is 0 Å². The lowest BCUT2D eigenvalue weighted by atomic mass is 10.1. The number of aromatic nitrogens is 1. The van der Waals surface area contributed by atoms with Crippen LogP contribution in [-0.2, 0) is 14.8 Å². The van der Waals surface area contributed by atoms with Crippen molar-refractivity contribution >= 4 is 38.1 Å². The summed E-state index contributed by atoms with van der Waals surface area (Å²) in [6.45, 7) is 1.84. The number of nitrogens with zero attached hydrogens (tertiary/aromatic N) is 1. The zero-order valence-electron chi connectivity index (χ0n) is 19.4. The summed E-state index contributed by atoms with van der Waals surface area (Å²) in [7, 11) is -1.45. The van der Waals surface area contributed by atoms with Gasteiger partial charge in [0.1, 0.15) is 10.6 Å². The Labute approximate surface area is 211 Å². The van der Waals surface area contributed by atoms with Gasteiger partial charge in [0.15, 0.2) is 5.13 Å². The Morgan fingerprint density at radius 3 is 2.40 bits per heavy atom. The number of hydrogen-bond donors (Lipinski definition) is 3. The van der Waals surface area contributed by atoms with Crippen molar-refractivity contribution in [3.63, 3.8) is 0 Å². The van der Waals surface area contributed by atoms with Gasteiger partial charge >= 0.3 is 0 Å². The van der Waals surface area contributed by atoms with Crippen LogP contribution in [0.4, 0.5) is 10.8 Å². The van der Waals surface area contributed by atoms with Crippen LogP contribution in [0.15, 0.2) is 53.4 Å². The Hall–Kier alpha value is -2.95. The van der Waals surface area contributed by atoms with Gasteiger partial charge in [-0.25, -0.2) is 13.4 Å². The summed E-state index contributed by atoms with van der Waals surface area (Å²) in [6, 6.07) is 13.7. The average molecular weight is 520 g/mol. The number of aryl methyl sites for hydroxylation is 1. The second-order valence-electron chi connectivity index (χ2n) is 7.74. The summed E-state index contributed by atoms with van der Waals surface area (Å²) in [6.07, 6.45) is 4.00. The molecule has 1 aromatic heterocycles. The molecular formula is C25H33N3O5S2. The number of methoxy groups -OCH3 is 1. The number of benzene rings is 2. The highest BCUT2D eigenvalue weighted by Gasteiger charge is 2.25. The lowest BCUT2D eigenvalue weighted by Gasteiger charge is -2.13. The Kier molecular flexibility index (Phi) is 10.2. The topological polar surface area (TPSA) is 118 Å². The quantitative estimate of drug-likeness (QED) is 0.390. The normalized spacial score (nSPS) is 13.3. The van der Waals surface area contributed by atoms with Crippen molar-refractivity contribution in [2.45, 2.75) is 44.9 Å². The lowest BCUT2D eigenvalue weighted by molar-refractivity contribution is -0.119. The van der Waals surface area contributed by atoms with E-state index in [-0.39, 0.29) is 29.9 Å². The zero-order valence-corrected chi connectivity index (χ0v) is 21.0. The summed E-state index contributed by atoms with van der Waals surface area (Å²) in [5.41, 5.74) is 1.88. The van der Waals surface area contributed by atoms with Gasteiger partial charge in [0.2, 0.25) is 5.91 Å². The molecular weight excluding hydrogens is 486 g/mol. The van der Waals surface area contributed by atoms with Crippen LogP contribution >= 0.6 is 11.3 Å². The molecule has 8 nitrogen and oxygen atoms in total. The van der Waals surface area contributed by atoms with Crippen LogP contribution in [0.3, 0.4) is 0 Å². The maximum absolute atomic E-state index is 13.1. The van der Waals surface area contributed by atoms with Gasteiger partial charge in [-0.2, -0.15) is 0 Å². The molecule has 0 spiro atoms. The number of rotatable bonds is 7. The van der Waals surface area contributed by atoms with Crippen LogP contribution in [0.2, 0.25) is 0 Å². The van der Waals surface area contributed by atoms with Crippen LogP contribution in [0.5, 0.6) is 5.75 Å².